The summed E-state index contributed by atoms with van der Waals surface area (Å²) < 4.78 is 51.5. The van der Waals surface area contributed by atoms with Gasteiger partial charge < -0.3 is 14.6 Å². The lowest BCUT2D eigenvalue weighted by atomic mass is 10.1. The van der Waals surface area contributed by atoms with Crippen molar-refractivity contribution in [1.82, 2.24) is 9.78 Å². The average molecular weight is 392 g/mol. The first kappa shape index (κ1) is 19.8. The smallest absolute Gasteiger partial charge is 0.435 e. The van der Waals surface area contributed by atoms with Gasteiger partial charge in [-0.05, 0) is 54.6 Å². The fourth-order valence-corrected chi connectivity index (χ4v) is 2.62. The number of benzene rings is 2. The maximum atomic E-state index is 13.2. The Bertz CT molecular complexity index is 904. The van der Waals surface area contributed by atoms with E-state index in [1.54, 1.807) is 48.5 Å². The predicted molar refractivity (Wildman–Crippen MR) is 97.8 cm³/mol. The predicted octanol–water partition coefficient (Wildman–Crippen LogP) is 4.33. The van der Waals surface area contributed by atoms with E-state index in [4.69, 9.17) is 14.6 Å². The second-order valence-corrected chi connectivity index (χ2v) is 5.97. The van der Waals surface area contributed by atoms with Gasteiger partial charge >= 0.3 is 6.18 Å². The van der Waals surface area contributed by atoms with E-state index in [1.807, 2.05) is 0 Å². The van der Waals surface area contributed by atoms with Crippen LogP contribution in [0.25, 0.3) is 16.9 Å². The zero-order chi connectivity index (χ0) is 20.1. The molecule has 0 saturated carbocycles. The number of aromatic nitrogens is 2. The van der Waals surface area contributed by atoms with Crippen molar-refractivity contribution >= 4 is 0 Å². The first-order valence-corrected chi connectivity index (χ1v) is 8.58. The Hall–Kier alpha value is -3.00. The van der Waals surface area contributed by atoms with Gasteiger partial charge in [0.2, 0.25) is 0 Å². The van der Waals surface area contributed by atoms with Crippen LogP contribution in [0.15, 0.2) is 54.6 Å². The molecule has 0 atom stereocenters. The van der Waals surface area contributed by atoms with Gasteiger partial charge in [-0.15, -0.1) is 0 Å². The Morgan fingerprint density at radius 1 is 1.00 bits per heavy atom. The molecule has 2 aromatic carbocycles. The summed E-state index contributed by atoms with van der Waals surface area (Å²) in [6.07, 6.45) is -4.05. The van der Waals surface area contributed by atoms with Crippen molar-refractivity contribution in [2.75, 3.05) is 20.3 Å². The lowest BCUT2D eigenvalue weighted by Crippen LogP contribution is -2.07. The number of methoxy groups -OCH3 is 1. The molecule has 0 unspecified atom stereocenters. The Morgan fingerprint density at radius 3 is 2.21 bits per heavy atom. The molecule has 0 spiro atoms. The van der Waals surface area contributed by atoms with Gasteiger partial charge in [-0.25, -0.2) is 4.68 Å². The Balaban J connectivity index is 1.97. The van der Waals surface area contributed by atoms with Crippen LogP contribution in [0.4, 0.5) is 13.2 Å². The average Bonchev–Trinajstić information content (AvgIpc) is 3.15. The van der Waals surface area contributed by atoms with Gasteiger partial charge in [0.25, 0.3) is 0 Å². The number of hydrogen-bond acceptors (Lipinski definition) is 4. The van der Waals surface area contributed by atoms with Gasteiger partial charge in [0, 0.05) is 18.6 Å². The molecule has 8 heteroatoms. The van der Waals surface area contributed by atoms with Crippen molar-refractivity contribution in [3.63, 3.8) is 0 Å². The Morgan fingerprint density at radius 2 is 1.64 bits per heavy atom. The summed E-state index contributed by atoms with van der Waals surface area (Å²) in [5, 5.41) is 12.5. The first-order valence-electron chi connectivity index (χ1n) is 8.58. The summed E-state index contributed by atoms with van der Waals surface area (Å²) in [5.41, 5.74) is 0.379. The van der Waals surface area contributed by atoms with Crippen LogP contribution in [0.5, 0.6) is 11.5 Å². The molecule has 0 aliphatic rings. The van der Waals surface area contributed by atoms with Crippen molar-refractivity contribution in [3.8, 4) is 28.4 Å². The van der Waals surface area contributed by atoms with Gasteiger partial charge in [-0.3, -0.25) is 0 Å². The SMILES string of the molecule is COc1ccc(-n2nc(C(F)(F)F)cc2-c2ccc(OCCCO)cc2)cc1. The number of hydrogen-bond donors (Lipinski definition) is 1. The Labute approximate surface area is 159 Å². The molecule has 5 nitrogen and oxygen atoms in total. The molecule has 3 aromatic rings. The van der Waals surface area contributed by atoms with Gasteiger partial charge in [-0.2, -0.15) is 18.3 Å². The number of nitrogens with zero attached hydrogens (tertiary/aromatic N) is 2. The van der Waals surface area contributed by atoms with Crippen LogP contribution in [0, 0.1) is 0 Å². The van der Waals surface area contributed by atoms with Crippen molar-refractivity contribution in [2.24, 2.45) is 0 Å². The number of aliphatic hydroxyl groups excluding tert-OH is 1. The van der Waals surface area contributed by atoms with Crippen LogP contribution in [-0.4, -0.2) is 35.2 Å². The molecule has 1 N–H and O–H groups in total. The molecule has 1 aromatic heterocycles. The highest BCUT2D eigenvalue weighted by atomic mass is 19.4. The number of ether oxygens (including phenoxy) is 2. The molecule has 0 fully saturated rings. The minimum Gasteiger partial charge on any atom is -0.497 e. The molecule has 0 amide bonds. The van der Waals surface area contributed by atoms with E-state index in [0.29, 0.717) is 41.5 Å². The number of aliphatic hydroxyl groups is 1. The third-order valence-electron chi connectivity index (χ3n) is 4.04. The molecule has 0 bridgehead atoms. The van der Waals surface area contributed by atoms with Crippen LogP contribution >= 0.6 is 0 Å². The molecule has 148 valence electrons. The summed E-state index contributed by atoms with van der Waals surface area (Å²) in [4.78, 5) is 0. The van der Waals surface area contributed by atoms with Crippen molar-refractivity contribution in [2.45, 2.75) is 12.6 Å². The zero-order valence-electron chi connectivity index (χ0n) is 15.1. The fourth-order valence-electron chi connectivity index (χ4n) is 2.62. The van der Waals surface area contributed by atoms with E-state index in [9.17, 15) is 13.2 Å². The number of rotatable bonds is 7. The standard InChI is InChI=1S/C20H19F3N2O3/c1-27-16-9-5-15(6-10-16)25-18(13-19(24-25)20(21,22)23)14-3-7-17(8-4-14)28-12-2-11-26/h3-10,13,26H,2,11-12H2,1H3. The highest BCUT2D eigenvalue weighted by molar-refractivity contribution is 5.64. The third kappa shape index (κ3) is 4.45. The van der Waals surface area contributed by atoms with Crippen molar-refractivity contribution < 1.29 is 27.8 Å². The van der Waals surface area contributed by atoms with E-state index >= 15 is 0 Å². The van der Waals surface area contributed by atoms with Gasteiger partial charge in [0.15, 0.2) is 5.69 Å². The molecular formula is C20H19F3N2O3. The summed E-state index contributed by atoms with van der Waals surface area (Å²) in [5.74, 6) is 1.17. The zero-order valence-corrected chi connectivity index (χ0v) is 15.1. The fraction of sp³-hybridized carbons (Fsp3) is 0.250. The molecule has 0 radical (unpaired) electrons. The van der Waals surface area contributed by atoms with Crippen LogP contribution < -0.4 is 9.47 Å². The highest BCUT2D eigenvalue weighted by Gasteiger charge is 2.35. The maximum absolute atomic E-state index is 13.2. The molecular weight excluding hydrogens is 373 g/mol. The van der Waals surface area contributed by atoms with E-state index in [-0.39, 0.29) is 6.61 Å². The van der Waals surface area contributed by atoms with E-state index in [2.05, 4.69) is 5.10 Å². The van der Waals surface area contributed by atoms with E-state index in [0.717, 1.165) is 6.07 Å². The highest BCUT2D eigenvalue weighted by Crippen LogP contribution is 2.34. The number of halogens is 3. The Kier molecular flexibility index (Phi) is 5.89. The molecule has 0 aliphatic carbocycles. The molecule has 0 saturated heterocycles. The van der Waals surface area contributed by atoms with Crippen molar-refractivity contribution in [1.29, 1.82) is 0 Å². The van der Waals surface area contributed by atoms with Crippen LogP contribution in [0.2, 0.25) is 0 Å². The monoisotopic (exact) mass is 392 g/mol. The van der Waals surface area contributed by atoms with Crippen LogP contribution in [0.3, 0.4) is 0 Å². The second kappa shape index (κ2) is 8.35. The summed E-state index contributed by atoms with van der Waals surface area (Å²) >= 11 is 0. The normalized spacial score (nSPS) is 11.5. The minimum absolute atomic E-state index is 0.0271. The molecule has 3 rings (SSSR count). The molecule has 1 heterocycles. The topological polar surface area (TPSA) is 56.5 Å². The third-order valence-corrected chi connectivity index (χ3v) is 4.04. The summed E-state index contributed by atoms with van der Waals surface area (Å²) in [6, 6.07) is 14.3. The van der Waals surface area contributed by atoms with Gasteiger partial charge in [-0.1, -0.05) is 0 Å². The van der Waals surface area contributed by atoms with Crippen molar-refractivity contribution in [3.05, 3.63) is 60.3 Å². The molecule has 28 heavy (non-hydrogen) atoms. The largest absolute Gasteiger partial charge is 0.497 e. The molecule has 0 aliphatic heterocycles. The quantitative estimate of drug-likeness (QED) is 0.608. The second-order valence-electron chi connectivity index (χ2n) is 5.97. The van der Waals surface area contributed by atoms with Gasteiger partial charge in [0.1, 0.15) is 11.5 Å². The lowest BCUT2D eigenvalue weighted by molar-refractivity contribution is -0.141. The van der Waals surface area contributed by atoms with Crippen LogP contribution in [-0.2, 0) is 6.18 Å². The first-order chi connectivity index (χ1) is 13.4. The lowest BCUT2D eigenvalue weighted by Gasteiger charge is -2.10. The van der Waals surface area contributed by atoms with Crippen LogP contribution in [0.1, 0.15) is 12.1 Å². The number of alkyl halides is 3. The van der Waals surface area contributed by atoms with Gasteiger partial charge in [0.05, 0.1) is 25.1 Å². The summed E-state index contributed by atoms with van der Waals surface area (Å²) in [7, 11) is 1.51. The summed E-state index contributed by atoms with van der Waals surface area (Å²) in [6.45, 7) is 0.386. The maximum Gasteiger partial charge on any atom is 0.435 e. The minimum atomic E-state index is -4.56. The van der Waals surface area contributed by atoms with E-state index < -0.39 is 11.9 Å². The van der Waals surface area contributed by atoms with E-state index in [1.165, 1.54) is 11.8 Å².